The number of phenols is 1. The Hall–Kier alpha value is -1.85. The highest BCUT2D eigenvalue weighted by Gasteiger charge is 2.09. The van der Waals surface area contributed by atoms with Crippen molar-refractivity contribution in [1.29, 1.82) is 0 Å². The maximum Gasteiger partial charge on any atom is 0.191 e. The number of guanidine groups is 1. The van der Waals surface area contributed by atoms with Crippen molar-refractivity contribution < 1.29 is 5.11 Å². The van der Waals surface area contributed by atoms with E-state index in [1.807, 2.05) is 30.7 Å². The minimum Gasteiger partial charge on any atom is -0.508 e. The molecule has 2 rings (SSSR count). The van der Waals surface area contributed by atoms with E-state index in [1.54, 1.807) is 18.2 Å². The summed E-state index contributed by atoms with van der Waals surface area (Å²) < 4.78 is 1.83. The Kier molecular flexibility index (Phi) is 6.19. The molecule has 3 N–H and O–H groups in total. The van der Waals surface area contributed by atoms with Gasteiger partial charge in [-0.3, -0.25) is 0 Å². The molecule has 0 unspecified atom stereocenters. The molecule has 0 aliphatic rings. The highest BCUT2D eigenvalue weighted by atomic mass is 35.5. The first kappa shape index (κ1) is 17.5. The molecule has 2 aromatic rings. The van der Waals surface area contributed by atoms with Gasteiger partial charge >= 0.3 is 0 Å². The minimum absolute atomic E-state index is 0.240. The van der Waals surface area contributed by atoms with Crippen LogP contribution in [0.2, 0.25) is 10.2 Å². The van der Waals surface area contributed by atoms with E-state index in [4.69, 9.17) is 23.2 Å². The second kappa shape index (κ2) is 8.13. The molecule has 0 radical (unpaired) electrons. The van der Waals surface area contributed by atoms with Crippen molar-refractivity contribution in [3.8, 4) is 5.75 Å². The van der Waals surface area contributed by atoms with E-state index in [9.17, 15) is 5.11 Å². The third-order valence-electron chi connectivity index (χ3n) is 3.33. The molecule has 0 atom stereocenters. The lowest BCUT2D eigenvalue weighted by atomic mass is 10.2. The van der Waals surface area contributed by atoms with Crippen molar-refractivity contribution in [2.45, 2.75) is 20.0 Å². The van der Waals surface area contributed by atoms with Crippen LogP contribution in [0.5, 0.6) is 5.75 Å². The quantitative estimate of drug-likeness (QED) is 0.570. The molecule has 0 bridgehead atoms. The van der Waals surface area contributed by atoms with Gasteiger partial charge in [0.1, 0.15) is 10.9 Å². The van der Waals surface area contributed by atoms with Gasteiger partial charge in [-0.2, -0.15) is 0 Å². The van der Waals surface area contributed by atoms with Gasteiger partial charge < -0.3 is 20.3 Å². The Morgan fingerprint density at radius 1 is 1.26 bits per heavy atom. The van der Waals surface area contributed by atoms with Gasteiger partial charge in [0.25, 0.3) is 0 Å². The highest BCUT2D eigenvalue weighted by molar-refractivity contribution is 6.41. The topological polar surface area (TPSA) is 61.6 Å². The van der Waals surface area contributed by atoms with Crippen LogP contribution in [-0.4, -0.2) is 22.2 Å². The number of nitrogens with zero attached hydrogens (tertiary/aromatic N) is 2. The second-order valence-corrected chi connectivity index (χ2v) is 5.82. The summed E-state index contributed by atoms with van der Waals surface area (Å²) in [5.41, 5.74) is 1.90. The molecule has 0 aliphatic carbocycles. The van der Waals surface area contributed by atoms with Gasteiger partial charge in [0.05, 0.1) is 18.1 Å². The summed E-state index contributed by atoms with van der Waals surface area (Å²) in [6, 6.07) is 8.89. The van der Waals surface area contributed by atoms with Crippen molar-refractivity contribution >= 4 is 29.2 Å². The molecular formula is C16H20Cl2N4O. The first-order valence-corrected chi connectivity index (χ1v) is 8.06. The smallest absolute Gasteiger partial charge is 0.191 e. The summed E-state index contributed by atoms with van der Waals surface area (Å²) in [6.45, 7) is 3.77. The second-order valence-electron chi connectivity index (χ2n) is 5.05. The van der Waals surface area contributed by atoms with Crippen LogP contribution < -0.4 is 10.6 Å². The summed E-state index contributed by atoms with van der Waals surface area (Å²) >= 11 is 12.1. The predicted octanol–water partition coefficient (Wildman–Crippen LogP) is 3.29. The van der Waals surface area contributed by atoms with Gasteiger partial charge in [-0.15, -0.1) is 0 Å². The van der Waals surface area contributed by atoms with Gasteiger partial charge in [-0.25, -0.2) is 4.99 Å². The number of phenolic OH excluding ortho intramolecular Hbond substituents is 1. The zero-order valence-corrected chi connectivity index (χ0v) is 14.6. The molecule has 0 fully saturated rings. The van der Waals surface area contributed by atoms with E-state index in [2.05, 4.69) is 15.6 Å². The lowest BCUT2D eigenvalue weighted by molar-refractivity contribution is 0.474. The van der Waals surface area contributed by atoms with Crippen molar-refractivity contribution in [2.75, 3.05) is 6.54 Å². The Morgan fingerprint density at radius 2 is 2.04 bits per heavy atom. The van der Waals surface area contributed by atoms with Crippen LogP contribution >= 0.6 is 23.2 Å². The average Bonchev–Trinajstić information content (AvgIpc) is 2.77. The largest absolute Gasteiger partial charge is 0.508 e. The van der Waals surface area contributed by atoms with E-state index in [-0.39, 0.29) is 5.75 Å². The molecule has 1 aromatic carbocycles. The number of hydrogen-bond acceptors (Lipinski definition) is 2. The number of nitrogens with one attached hydrogen (secondary N) is 2. The summed E-state index contributed by atoms with van der Waals surface area (Å²) in [6.07, 6.45) is 0. The highest BCUT2D eigenvalue weighted by Crippen LogP contribution is 2.24. The molecule has 0 aliphatic heterocycles. The first-order chi connectivity index (χ1) is 11.0. The molecule has 0 amide bonds. The van der Waals surface area contributed by atoms with Crippen LogP contribution in [0.1, 0.15) is 18.2 Å². The first-order valence-electron chi connectivity index (χ1n) is 7.31. The Labute approximate surface area is 145 Å². The number of halogens is 2. The van der Waals surface area contributed by atoms with E-state index < -0.39 is 0 Å². The fourth-order valence-electron chi connectivity index (χ4n) is 2.10. The van der Waals surface area contributed by atoms with Gasteiger partial charge in [0.15, 0.2) is 5.96 Å². The normalized spacial score (nSPS) is 11.6. The third-order valence-corrected chi connectivity index (χ3v) is 4.17. The van der Waals surface area contributed by atoms with Crippen LogP contribution in [0, 0.1) is 0 Å². The van der Waals surface area contributed by atoms with Crippen LogP contribution in [0.25, 0.3) is 0 Å². The van der Waals surface area contributed by atoms with Crippen LogP contribution in [-0.2, 0) is 20.1 Å². The predicted molar refractivity (Wildman–Crippen MR) is 95.2 cm³/mol. The molecule has 0 saturated carbocycles. The lowest BCUT2D eigenvalue weighted by Crippen LogP contribution is -2.37. The molecule has 7 heteroatoms. The molecule has 5 nitrogen and oxygen atoms in total. The molecule has 1 heterocycles. The van der Waals surface area contributed by atoms with E-state index in [1.165, 1.54) is 0 Å². The van der Waals surface area contributed by atoms with Crippen molar-refractivity contribution in [3.63, 3.8) is 0 Å². The summed E-state index contributed by atoms with van der Waals surface area (Å²) in [4.78, 5) is 4.51. The number of aliphatic imine (C=N–C) groups is 1. The Bertz CT molecular complexity index is 697. The average molecular weight is 355 g/mol. The fourth-order valence-corrected chi connectivity index (χ4v) is 2.52. The number of benzene rings is 1. The summed E-state index contributed by atoms with van der Waals surface area (Å²) in [5, 5.41) is 17.0. The summed E-state index contributed by atoms with van der Waals surface area (Å²) in [7, 11) is 1.86. The van der Waals surface area contributed by atoms with Crippen LogP contribution in [0.4, 0.5) is 0 Å². The maximum atomic E-state index is 9.49. The number of rotatable bonds is 5. The standard InChI is InChI=1S/C16H20Cl2N4O/c1-3-19-16(20-9-11-5-4-6-13(23)7-11)21-10-12-8-14(17)15(18)22(12)2/h4-8,23H,3,9-10H2,1-2H3,(H2,19,20,21). The zero-order valence-electron chi connectivity index (χ0n) is 13.1. The van der Waals surface area contributed by atoms with Crippen LogP contribution in [0.3, 0.4) is 0 Å². The monoisotopic (exact) mass is 354 g/mol. The van der Waals surface area contributed by atoms with Crippen molar-refractivity contribution in [3.05, 3.63) is 51.8 Å². The van der Waals surface area contributed by atoms with Gasteiger partial charge in [0.2, 0.25) is 0 Å². The molecule has 1 aromatic heterocycles. The SMILES string of the molecule is CCNC(=NCc1cccc(O)c1)NCc1cc(Cl)c(Cl)n1C. The maximum absolute atomic E-state index is 9.49. The van der Waals surface area contributed by atoms with Gasteiger partial charge in [0, 0.05) is 19.3 Å². The van der Waals surface area contributed by atoms with E-state index in [0.717, 1.165) is 17.8 Å². The number of aromatic hydroxyl groups is 1. The molecule has 124 valence electrons. The summed E-state index contributed by atoms with van der Waals surface area (Å²) in [5.74, 6) is 0.924. The third kappa shape index (κ3) is 4.81. The van der Waals surface area contributed by atoms with Gasteiger partial charge in [-0.1, -0.05) is 35.3 Å². The number of aromatic nitrogens is 1. The van der Waals surface area contributed by atoms with Crippen molar-refractivity contribution in [2.24, 2.45) is 12.0 Å². The molecule has 0 saturated heterocycles. The molecular weight excluding hydrogens is 335 g/mol. The lowest BCUT2D eigenvalue weighted by Gasteiger charge is -2.12. The zero-order chi connectivity index (χ0) is 16.8. The molecule has 23 heavy (non-hydrogen) atoms. The van der Waals surface area contributed by atoms with E-state index in [0.29, 0.717) is 29.2 Å². The number of hydrogen-bond donors (Lipinski definition) is 3. The molecule has 0 spiro atoms. The van der Waals surface area contributed by atoms with Crippen LogP contribution in [0.15, 0.2) is 35.3 Å². The van der Waals surface area contributed by atoms with E-state index >= 15 is 0 Å². The van der Waals surface area contributed by atoms with Crippen molar-refractivity contribution in [1.82, 2.24) is 15.2 Å². The minimum atomic E-state index is 0.240. The Morgan fingerprint density at radius 3 is 2.65 bits per heavy atom. The Balaban J connectivity index is 2.03. The fraction of sp³-hybridized carbons (Fsp3) is 0.312. The van der Waals surface area contributed by atoms with Gasteiger partial charge in [-0.05, 0) is 30.7 Å².